The van der Waals surface area contributed by atoms with Gasteiger partial charge in [0.1, 0.15) is 11.4 Å². The molecule has 0 amide bonds. The van der Waals surface area contributed by atoms with Crippen molar-refractivity contribution < 1.29 is 5.11 Å². The molecule has 5 aromatic carbocycles. The third kappa shape index (κ3) is 2.92. The van der Waals surface area contributed by atoms with E-state index in [0.29, 0.717) is 0 Å². The van der Waals surface area contributed by atoms with Crippen LogP contribution in [0.5, 0.6) is 0 Å². The Morgan fingerprint density at radius 1 is 0.639 bits per heavy atom. The fraction of sp³-hybridized carbons (Fsp3) is 0.0312. The molecule has 0 saturated carbocycles. The van der Waals surface area contributed by atoms with E-state index in [4.69, 9.17) is 4.98 Å². The maximum Gasteiger partial charge on any atom is 0.145 e. The minimum Gasteiger partial charge on any atom is -0.376 e. The summed E-state index contributed by atoms with van der Waals surface area (Å²) in [6, 6.07) is 40.7. The van der Waals surface area contributed by atoms with Gasteiger partial charge < -0.3 is 5.11 Å². The number of rotatable bonds is 3. The second-order valence-corrected chi connectivity index (χ2v) is 9.92. The number of para-hydroxylation sites is 3. The van der Waals surface area contributed by atoms with Crippen LogP contribution in [0.1, 0.15) is 16.7 Å². The number of aliphatic hydroxyl groups is 1. The Bertz CT molecular complexity index is 1770. The summed E-state index contributed by atoms with van der Waals surface area (Å²) in [5.41, 5.74) is 7.13. The molecular weight excluding hydrogens is 508 g/mol. The largest absolute Gasteiger partial charge is 0.376 e. The van der Waals surface area contributed by atoms with Crippen LogP contribution in [-0.4, -0.2) is 14.7 Å². The van der Waals surface area contributed by atoms with Gasteiger partial charge in [0.15, 0.2) is 0 Å². The Morgan fingerprint density at radius 3 is 2.17 bits per heavy atom. The predicted octanol–water partition coefficient (Wildman–Crippen LogP) is 7.72. The molecule has 1 aliphatic rings. The van der Waals surface area contributed by atoms with E-state index >= 15 is 0 Å². The van der Waals surface area contributed by atoms with Gasteiger partial charge in [0.2, 0.25) is 0 Å². The lowest BCUT2D eigenvalue weighted by molar-refractivity contribution is 0.130. The Hall–Kier alpha value is -3.99. The molecule has 3 nitrogen and oxygen atoms in total. The average molecular weight is 529 g/mol. The second kappa shape index (κ2) is 8.02. The highest BCUT2D eigenvalue weighted by molar-refractivity contribution is 9.10. The van der Waals surface area contributed by atoms with Crippen LogP contribution in [0.25, 0.3) is 39.2 Å². The van der Waals surface area contributed by atoms with Crippen molar-refractivity contribution in [3.8, 4) is 28.2 Å². The number of hydrogen-bond donors (Lipinski definition) is 1. The minimum absolute atomic E-state index is 0.814. The maximum absolute atomic E-state index is 12.8. The zero-order chi connectivity index (χ0) is 24.3. The first-order valence-corrected chi connectivity index (χ1v) is 12.7. The molecule has 172 valence electrons. The third-order valence-corrected chi connectivity index (χ3v) is 7.78. The number of hydrogen-bond acceptors (Lipinski definition) is 2. The Morgan fingerprint density at radius 2 is 1.31 bits per heavy atom. The van der Waals surface area contributed by atoms with Gasteiger partial charge in [-0.05, 0) is 29.8 Å². The van der Waals surface area contributed by atoms with Gasteiger partial charge in [-0.15, -0.1) is 0 Å². The van der Waals surface area contributed by atoms with Crippen LogP contribution in [-0.2, 0) is 5.60 Å². The average Bonchev–Trinajstić information content (AvgIpc) is 3.44. The van der Waals surface area contributed by atoms with Crippen LogP contribution < -0.4 is 0 Å². The number of nitrogens with zero attached hydrogens (tertiary/aromatic N) is 2. The van der Waals surface area contributed by atoms with Gasteiger partial charge in [0.05, 0.1) is 16.7 Å². The van der Waals surface area contributed by atoms with Crippen molar-refractivity contribution in [2.24, 2.45) is 0 Å². The fourth-order valence-electron chi connectivity index (χ4n) is 5.58. The first-order valence-electron chi connectivity index (χ1n) is 11.9. The minimum atomic E-state index is -1.33. The predicted molar refractivity (Wildman–Crippen MR) is 148 cm³/mol. The molecule has 0 aliphatic heterocycles. The summed E-state index contributed by atoms with van der Waals surface area (Å²) in [7, 11) is 0. The van der Waals surface area contributed by atoms with Gasteiger partial charge in [-0.25, -0.2) is 4.98 Å². The van der Waals surface area contributed by atoms with E-state index < -0.39 is 5.60 Å². The molecule has 0 fully saturated rings. The molecule has 1 heterocycles. The molecule has 1 atom stereocenters. The highest BCUT2D eigenvalue weighted by Gasteiger charge is 2.45. The molecule has 1 aromatic heterocycles. The van der Waals surface area contributed by atoms with Crippen molar-refractivity contribution >= 4 is 27.0 Å². The van der Waals surface area contributed by atoms with Crippen molar-refractivity contribution in [1.29, 1.82) is 0 Å². The summed E-state index contributed by atoms with van der Waals surface area (Å²) in [6.45, 7) is 0. The lowest BCUT2D eigenvalue weighted by atomic mass is 9.83. The number of fused-ring (bicyclic) bond motifs is 4. The zero-order valence-electron chi connectivity index (χ0n) is 19.3. The second-order valence-electron chi connectivity index (χ2n) is 9.06. The number of halogens is 1. The normalized spacial score (nSPS) is 16.2. The van der Waals surface area contributed by atoms with Crippen molar-refractivity contribution in [3.05, 3.63) is 142 Å². The zero-order valence-corrected chi connectivity index (χ0v) is 20.9. The molecule has 0 spiro atoms. The molecule has 4 heteroatoms. The maximum atomic E-state index is 12.8. The van der Waals surface area contributed by atoms with Crippen LogP contribution in [0.2, 0.25) is 0 Å². The molecule has 1 aliphatic carbocycles. The van der Waals surface area contributed by atoms with E-state index in [1.807, 2.05) is 91.0 Å². The SMILES string of the molecule is OC1(c2ccccc2-n2c(-c3ccccc3)nc3ccccc32)c2ccccc2-c2c(Br)cccc21. The quantitative estimate of drug-likeness (QED) is 0.255. The lowest BCUT2D eigenvalue weighted by Crippen LogP contribution is -2.28. The summed E-state index contributed by atoms with van der Waals surface area (Å²) in [5, 5.41) is 12.8. The van der Waals surface area contributed by atoms with E-state index in [0.717, 1.165) is 60.4 Å². The van der Waals surface area contributed by atoms with Crippen LogP contribution in [0.3, 0.4) is 0 Å². The van der Waals surface area contributed by atoms with Gasteiger partial charge in [-0.3, -0.25) is 4.57 Å². The molecule has 0 saturated heterocycles. The van der Waals surface area contributed by atoms with E-state index in [1.165, 1.54) is 0 Å². The van der Waals surface area contributed by atoms with Gasteiger partial charge in [-0.2, -0.15) is 0 Å². The van der Waals surface area contributed by atoms with Gasteiger partial charge in [0, 0.05) is 32.3 Å². The van der Waals surface area contributed by atoms with Crippen molar-refractivity contribution in [3.63, 3.8) is 0 Å². The summed E-state index contributed by atoms with van der Waals surface area (Å²) in [4.78, 5) is 5.03. The summed E-state index contributed by atoms with van der Waals surface area (Å²) in [5.74, 6) is 0.841. The van der Waals surface area contributed by atoms with E-state index in [9.17, 15) is 5.11 Å². The molecule has 1 unspecified atom stereocenters. The summed E-state index contributed by atoms with van der Waals surface area (Å²) in [6.07, 6.45) is 0. The van der Waals surface area contributed by atoms with Crippen LogP contribution in [0.4, 0.5) is 0 Å². The lowest BCUT2D eigenvalue weighted by Gasteiger charge is -2.29. The molecule has 0 radical (unpaired) electrons. The molecular formula is C32H21BrN2O. The number of benzene rings is 5. The van der Waals surface area contributed by atoms with Crippen LogP contribution in [0, 0.1) is 0 Å². The third-order valence-electron chi connectivity index (χ3n) is 7.12. The number of imidazole rings is 1. The molecule has 6 aromatic rings. The Kier molecular flexibility index (Phi) is 4.75. The first-order chi connectivity index (χ1) is 17.7. The van der Waals surface area contributed by atoms with Crippen molar-refractivity contribution in [2.45, 2.75) is 5.60 Å². The van der Waals surface area contributed by atoms with Crippen molar-refractivity contribution in [2.75, 3.05) is 0 Å². The smallest absolute Gasteiger partial charge is 0.145 e. The Balaban J connectivity index is 1.58. The van der Waals surface area contributed by atoms with Gasteiger partial charge in [0.25, 0.3) is 0 Å². The highest BCUT2D eigenvalue weighted by Crippen LogP contribution is 2.54. The van der Waals surface area contributed by atoms with E-state index in [2.05, 4.69) is 50.8 Å². The van der Waals surface area contributed by atoms with Crippen LogP contribution >= 0.6 is 15.9 Å². The monoisotopic (exact) mass is 528 g/mol. The van der Waals surface area contributed by atoms with E-state index in [1.54, 1.807) is 0 Å². The molecule has 36 heavy (non-hydrogen) atoms. The van der Waals surface area contributed by atoms with Crippen LogP contribution in [0.15, 0.2) is 126 Å². The molecule has 0 bridgehead atoms. The first kappa shape index (κ1) is 21.3. The Labute approximate surface area is 217 Å². The van der Waals surface area contributed by atoms with E-state index in [-0.39, 0.29) is 0 Å². The summed E-state index contributed by atoms with van der Waals surface area (Å²) >= 11 is 3.75. The topological polar surface area (TPSA) is 38.0 Å². The standard InChI is InChI=1S/C32H21BrN2O/c33-26-17-10-16-25-30(26)22-13-4-5-14-23(22)32(25,36)24-15-6-8-19-28(24)35-29-20-9-7-18-27(29)34-31(35)21-11-2-1-3-12-21/h1-20,36H. The summed E-state index contributed by atoms with van der Waals surface area (Å²) < 4.78 is 3.15. The van der Waals surface area contributed by atoms with Crippen molar-refractivity contribution in [1.82, 2.24) is 9.55 Å². The number of aromatic nitrogens is 2. The fourth-order valence-corrected chi connectivity index (χ4v) is 6.16. The highest BCUT2D eigenvalue weighted by atomic mass is 79.9. The van der Waals surface area contributed by atoms with Gasteiger partial charge in [-0.1, -0.05) is 113 Å². The molecule has 1 N–H and O–H groups in total. The molecule has 7 rings (SSSR count). The van der Waals surface area contributed by atoms with Gasteiger partial charge >= 0.3 is 0 Å².